The number of guanidine groups is 1. The van der Waals surface area contributed by atoms with Crippen molar-refractivity contribution in [2.45, 2.75) is 38.9 Å². The fourth-order valence-corrected chi connectivity index (χ4v) is 3.46. The van der Waals surface area contributed by atoms with Crippen molar-refractivity contribution in [1.29, 1.82) is 0 Å². The van der Waals surface area contributed by atoms with E-state index in [1.165, 1.54) is 0 Å². The smallest absolute Gasteiger partial charge is 0.191 e. The molecule has 8 nitrogen and oxygen atoms in total. The second-order valence-electron chi connectivity index (χ2n) is 6.08. The number of nitrogens with one attached hydrogen (secondary N) is 2. The molecule has 1 aliphatic rings. The highest BCUT2D eigenvalue weighted by molar-refractivity contribution is 14.0. The van der Waals surface area contributed by atoms with Gasteiger partial charge in [-0.3, -0.25) is 4.99 Å². The molecule has 0 spiro atoms. The van der Waals surface area contributed by atoms with Crippen LogP contribution in [0.5, 0.6) is 0 Å². The molecule has 2 N–H and O–H groups in total. The molecule has 0 amide bonds. The van der Waals surface area contributed by atoms with E-state index in [4.69, 9.17) is 0 Å². The number of anilines is 1. The van der Waals surface area contributed by atoms with Crippen LogP contribution in [0.4, 0.5) is 5.13 Å². The van der Waals surface area contributed by atoms with Gasteiger partial charge in [-0.15, -0.1) is 35.3 Å². The average Bonchev–Trinajstić information content (AvgIpc) is 3.16. The summed E-state index contributed by atoms with van der Waals surface area (Å²) >= 11 is 1.64. The molecule has 3 heterocycles. The van der Waals surface area contributed by atoms with E-state index < -0.39 is 0 Å². The maximum Gasteiger partial charge on any atom is 0.191 e. The Kier molecular flexibility index (Phi) is 6.99. The third kappa shape index (κ3) is 5.03. The second kappa shape index (κ2) is 8.79. The molecule has 2 aromatic heterocycles. The molecule has 0 saturated carbocycles. The number of fused-ring (bicyclic) bond motifs is 1. The SMILES string of the molecule is CN=C(NCc1csc(N(C)C)n1)NC1CCc2nc(C)nn2C1.I. The highest BCUT2D eigenvalue weighted by Gasteiger charge is 2.21. The van der Waals surface area contributed by atoms with Crippen LogP contribution in [0.15, 0.2) is 10.4 Å². The summed E-state index contributed by atoms with van der Waals surface area (Å²) < 4.78 is 1.99. The van der Waals surface area contributed by atoms with Crippen LogP contribution in [0.25, 0.3) is 0 Å². The number of aryl methyl sites for hydroxylation is 2. The standard InChI is InChI=1S/C15H24N8S.HI/c1-10-18-13-6-5-11(8-23(13)21-10)19-14(16-2)17-7-12-9-24-15(20-12)22(3)4;/h9,11H,5-8H2,1-4H3,(H2,16,17,19);1H. The zero-order valence-corrected chi connectivity index (χ0v) is 18.1. The van der Waals surface area contributed by atoms with E-state index in [1.54, 1.807) is 18.4 Å². The fraction of sp³-hybridized carbons (Fsp3) is 0.600. The summed E-state index contributed by atoms with van der Waals surface area (Å²) in [4.78, 5) is 15.3. The first-order valence-corrected chi connectivity index (χ1v) is 8.92. The molecular weight excluding hydrogens is 451 g/mol. The first-order chi connectivity index (χ1) is 11.5. The van der Waals surface area contributed by atoms with Gasteiger partial charge >= 0.3 is 0 Å². The number of hydrogen-bond acceptors (Lipinski definition) is 6. The van der Waals surface area contributed by atoms with Gasteiger partial charge in [0.1, 0.15) is 11.6 Å². The van der Waals surface area contributed by atoms with E-state index in [2.05, 4.69) is 36.1 Å². The number of aliphatic imine (C=N–C) groups is 1. The normalized spacial score (nSPS) is 16.8. The van der Waals surface area contributed by atoms with Crippen molar-refractivity contribution < 1.29 is 0 Å². The molecule has 10 heteroatoms. The monoisotopic (exact) mass is 476 g/mol. The average molecular weight is 476 g/mol. The first-order valence-electron chi connectivity index (χ1n) is 8.04. The van der Waals surface area contributed by atoms with Crippen LogP contribution in [0.1, 0.15) is 23.8 Å². The topological polar surface area (TPSA) is 83.3 Å². The van der Waals surface area contributed by atoms with Crippen molar-refractivity contribution in [3.8, 4) is 0 Å². The Labute approximate surface area is 169 Å². The van der Waals surface area contributed by atoms with Gasteiger partial charge in [-0.2, -0.15) is 5.10 Å². The maximum absolute atomic E-state index is 4.57. The molecule has 0 radical (unpaired) electrons. The van der Waals surface area contributed by atoms with Crippen molar-refractivity contribution >= 4 is 46.4 Å². The predicted molar refractivity (Wildman–Crippen MR) is 112 cm³/mol. The lowest BCUT2D eigenvalue weighted by Gasteiger charge is -2.25. The van der Waals surface area contributed by atoms with Gasteiger partial charge in [-0.1, -0.05) is 0 Å². The zero-order valence-electron chi connectivity index (χ0n) is 15.0. The van der Waals surface area contributed by atoms with Gasteiger partial charge < -0.3 is 15.5 Å². The van der Waals surface area contributed by atoms with Crippen LogP contribution in [0, 0.1) is 6.92 Å². The predicted octanol–water partition coefficient (Wildman–Crippen LogP) is 1.41. The number of thiazole rings is 1. The molecule has 25 heavy (non-hydrogen) atoms. The molecule has 1 unspecified atom stereocenters. The van der Waals surface area contributed by atoms with E-state index in [0.717, 1.165) is 47.8 Å². The summed E-state index contributed by atoms with van der Waals surface area (Å²) in [6, 6.07) is 0.303. The largest absolute Gasteiger partial charge is 0.354 e. The number of aromatic nitrogens is 4. The molecule has 0 aliphatic carbocycles. The van der Waals surface area contributed by atoms with Gasteiger partial charge in [-0.25, -0.2) is 14.6 Å². The van der Waals surface area contributed by atoms with Gasteiger partial charge in [-0.05, 0) is 13.3 Å². The second-order valence-corrected chi connectivity index (χ2v) is 6.92. The van der Waals surface area contributed by atoms with Crippen LogP contribution >= 0.6 is 35.3 Å². The summed E-state index contributed by atoms with van der Waals surface area (Å²) in [7, 11) is 5.79. The molecule has 2 aromatic rings. The molecule has 0 fully saturated rings. The van der Waals surface area contributed by atoms with Crippen LogP contribution in [-0.4, -0.2) is 52.9 Å². The van der Waals surface area contributed by atoms with Gasteiger partial charge in [0.2, 0.25) is 0 Å². The summed E-state index contributed by atoms with van der Waals surface area (Å²) in [5.41, 5.74) is 1.02. The number of nitrogens with zero attached hydrogens (tertiary/aromatic N) is 6. The molecule has 0 bridgehead atoms. The van der Waals surface area contributed by atoms with E-state index >= 15 is 0 Å². The molecule has 138 valence electrons. The summed E-state index contributed by atoms with van der Waals surface area (Å²) in [6.07, 6.45) is 1.97. The van der Waals surface area contributed by atoms with E-state index in [0.29, 0.717) is 12.6 Å². The Morgan fingerprint density at radius 1 is 1.44 bits per heavy atom. The molecule has 1 aliphatic heterocycles. The van der Waals surface area contributed by atoms with Crippen molar-refractivity contribution in [3.63, 3.8) is 0 Å². The van der Waals surface area contributed by atoms with Gasteiger partial charge in [0, 0.05) is 39.0 Å². The Balaban J connectivity index is 0.00000225. The third-order valence-electron chi connectivity index (χ3n) is 3.89. The Morgan fingerprint density at radius 2 is 2.24 bits per heavy atom. The summed E-state index contributed by atoms with van der Waals surface area (Å²) in [5.74, 6) is 2.71. The van der Waals surface area contributed by atoms with Crippen molar-refractivity contribution in [3.05, 3.63) is 22.7 Å². The van der Waals surface area contributed by atoms with Crippen molar-refractivity contribution in [2.24, 2.45) is 4.99 Å². The third-order valence-corrected chi connectivity index (χ3v) is 4.94. The summed E-state index contributed by atoms with van der Waals surface area (Å²) in [6.45, 7) is 3.41. The Morgan fingerprint density at radius 3 is 2.92 bits per heavy atom. The van der Waals surface area contributed by atoms with Crippen LogP contribution in [0.2, 0.25) is 0 Å². The number of halogens is 1. The van der Waals surface area contributed by atoms with Crippen molar-refractivity contribution in [2.75, 3.05) is 26.0 Å². The van der Waals surface area contributed by atoms with E-state index in [9.17, 15) is 0 Å². The number of rotatable bonds is 4. The fourth-order valence-electron chi connectivity index (χ4n) is 2.70. The minimum absolute atomic E-state index is 0. The molecule has 1 atom stereocenters. The zero-order chi connectivity index (χ0) is 17.1. The first kappa shape index (κ1) is 19.9. The quantitative estimate of drug-likeness (QED) is 0.395. The van der Waals surface area contributed by atoms with E-state index in [-0.39, 0.29) is 24.0 Å². The lowest BCUT2D eigenvalue weighted by Crippen LogP contribution is -2.46. The number of hydrogen-bond donors (Lipinski definition) is 2. The summed E-state index contributed by atoms with van der Waals surface area (Å²) in [5, 5.41) is 14.3. The Bertz CT molecular complexity index is 723. The molecule has 0 aromatic carbocycles. The van der Waals surface area contributed by atoms with Crippen LogP contribution in [0.3, 0.4) is 0 Å². The maximum atomic E-state index is 4.57. The molecular formula is C15H25IN8S. The lowest BCUT2D eigenvalue weighted by atomic mass is 10.1. The van der Waals surface area contributed by atoms with Gasteiger partial charge in [0.15, 0.2) is 11.1 Å². The van der Waals surface area contributed by atoms with Crippen molar-refractivity contribution in [1.82, 2.24) is 30.4 Å². The minimum atomic E-state index is 0. The molecule has 0 saturated heterocycles. The van der Waals surface area contributed by atoms with Gasteiger partial charge in [0.05, 0.1) is 18.8 Å². The Hall–Kier alpha value is -1.43. The highest BCUT2D eigenvalue weighted by atomic mass is 127. The highest BCUT2D eigenvalue weighted by Crippen LogP contribution is 2.17. The molecule has 3 rings (SSSR count). The van der Waals surface area contributed by atoms with E-state index in [1.807, 2.05) is 30.6 Å². The van der Waals surface area contributed by atoms with Gasteiger partial charge in [0.25, 0.3) is 0 Å². The lowest BCUT2D eigenvalue weighted by molar-refractivity contribution is 0.392. The van der Waals surface area contributed by atoms with Crippen LogP contribution in [-0.2, 0) is 19.5 Å². The minimum Gasteiger partial charge on any atom is -0.354 e. The van der Waals surface area contributed by atoms with Crippen LogP contribution < -0.4 is 15.5 Å².